The molecule has 0 amide bonds. The van der Waals surface area contributed by atoms with E-state index in [1.54, 1.807) is 25.2 Å². The number of ether oxygens (including phenoxy) is 17. The van der Waals surface area contributed by atoms with E-state index in [2.05, 4.69) is 57.6 Å². The minimum absolute atomic E-state index is 0.0268. The predicted octanol–water partition coefficient (Wildman–Crippen LogP) is 1.38. The number of carbonyl (C=O) groups is 20. The summed E-state index contributed by atoms with van der Waals surface area (Å²) in [5, 5.41) is 3.16. The molecule has 38 nitrogen and oxygen atoms in total. The first-order valence-corrected chi connectivity index (χ1v) is 42.3. The number of hydrogen-bond acceptors (Lipinski definition) is 38. The van der Waals surface area contributed by atoms with Gasteiger partial charge in [-0.25, -0.2) is 4.79 Å². The highest BCUT2D eigenvalue weighted by atomic mass is 16.7. The van der Waals surface area contributed by atoms with Crippen LogP contribution in [0.4, 0.5) is 0 Å². The first kappa shape index (κ1) is 85.5. The second-order valence-corrected chi connectivity index (χ2v) is 36.0. The standard InChI is InChI=1S/2C12H12O3.2C11H10O6.C10H10O4.2C9H8O4.C8H7NO3.C8H6O4/c1-5(2)8-6-3-4-7(8)10-9(6)11(13)15-12(10)14;1-2-6-5-7-3-4-8(6)10-9(7)11(13)15-12(10)14;1-5(12)15-4-11-3-2-6(17-11)7-8(11)10(14)16-9(7)13;1-2-15-10(14)11-4-3-5(17-11)6-7(11)9(13)16-8(6)12;1-3-4(2)8-6-5(7(3)13-8)9(11)14-10(6)12;1-9-3-2-4(13-9)5-6(9)8(11)12-7(5)10;1-3-2-4-5-6(7(3)12-4)9(11)13-8(5)10;10-7-5-3-1-2-4(9-3)6(5)8(11)12-7;9-7-5-3-1-2-4(11-3)6(5)8(10)12-7/h3-4,6-7,9-10H,1-2H3;3-5,7-10H,2H2,1H3;2-3,6-8H,4H2,1H3;3-7H,2H2,1H3;5-8H,1-2H3;2-6H,1H3;2,4-7H,1H3;1-6,9H;1-6H. The number of cyclic esters (lactones) is 18. The molecule has 18 bridgehead atoms. The van der Waals surface area contributed by atoms with Gasteiger partial charge in [0.15, 0.2) is 5.60 Å². The number of allylic oxidation sites excluding steroid dienone is 8. The quantitative estimate of drug-likeness (QED) is 0.176. The molecule has 28 rings (SSSR count). The SMILES string of the molecule is CC(=O)OCC12C=CC(O1)C1C(=O)OC(=O)C12.CC(C)=C1C2C=CC1C1C(=O)OC(=O)C21.CC12C=CC(O1)C1C(=O)OC(=O)C12.CC1=C(C)C2OC1C1C(=O)OC(=O)C21.CC1=CC2OC1C1C(=O)OC(=O)C21.CCC1=CC2C=CC1C1C(=O)OC(=O)C21.CCOC(=O)C12C=CC(O1)C1C(=O)OC(=O)C12.O=C1OC(=O)C2C3C=CC(N3)C12.O=C1OC(=O)C2C3C=CC(O3)C12. The van der Waals surface area contributed by atoms with Gasteiger partial charge in [-0.15, -0.1) is 0 Å². The fourth-order valence-electron chi connectivity index (χ4n) is 23.5. The van der Waals surface area contributed by atoms with Crippen LogP contribution in [0.15, 0.2) is 131 Å². The van der Waals surface area contributed by atoms with Crippen LogP contribution in [-0.4, -0.2) is 216 Å². The third-order valence-corrected chi connectivity index (χ3v) is 29.3. The summed E-state index contributed by atoms with van der Waals surface area (Å²) >= 11 is 0. The number of carbonyl (C=O) groups excluding carboxylic acids is 20. The third-order valence-electron chi connectivity index (χ3n) is 29.3. The summed E-state index contributed by atoms with van der Waals surface area (Å²) in [6, 6.07) is 0.0536. The molecule has 5 aliphatic carbocycles. The normalized spacial score (nSPS) is 44.6. The number of nitrogens with one attached hydrogen (secondary N) is 1. The number of rotatable bonds is 5. The van der Waals surface area contributed by atoms with E-state index in [-0.39, 0.29) is 199 Å². The van der Waals surface area contributed by atoms with Crippen molar-refractivity contribution in [3.63, 3.8) is 0 Å². The van der Waals surface area contributed by atoms with E-state index in [1.807, 2.05) is 102 Å². The molecule has 23 heterocycles. The van der Waals surface area contributed by atoms with E-state index in [4.69, 9.17) is 47.4 Å². The molecular weight excluding hydrogens is 1690 g/mol. The molecule has 0 aromatic carbocycles. The number of fused-ring (bicyclic) bond motifs is 40. The van der Waals surface area contributed by atoms with Crippen LogP contribution in [0.3, 0.4) is 0 Å². The average molecular weight is 1770 g/mol. The highest BCUT2D eigenvalue weighted by Crippen LogP contribution is 2.59. The van der Waals surface area contributed by atoms with Crippen LogP contribution >= 0.6 is 0 Å². The number of esters is 20. The fraction of sp³-hybridized carbons (Fsp3) is 0.533. The zero-order chi connectivity index (χ0) is 90.7. The van der Waals surface area contributed by atoms with Crippen molar-refractivity contribution in [1.29, 1.82) is 0 Å². The second-order valence-electron chi connectivity index (χ2n) is 36.0. The van der Waals surface area contributed by atoms with E-state index in [0.29, 0.717) is 0 Å². The number of hydrogen-bond donors (Lipinski definition) is 1. The monoisotopic (exact) mass is 1770 g/mol. The van der Waals surface area contributed by atoms with Gasteiger partial charge >= 0.3 is 119 Å². The van der Waals surface area contributed by atoms with Gasteiger partial charge in [-0.3, -0.25) is 91.1 Å². The van der Waals surface area contributed by atoms with Gasteiger partial charge in [-0.05, 0) is 83.8 Å². The Morgan fingerprint density at radius 2 is 0.773 bits per heavy atom. The van der Waals surface area contributed by atoms with Gasteiger partial charge in [0, 0.05) is 42.7 Å². The van der Waals surface area contributed by atoms with Crippen molar-refractivity contribution in [1.82, 2.24) is 5.32 Å². The Morgan fingerprint density at radius 1 is 0.359 bits per heavy atom. The van der Waals surface area contributed by atoms with E-state index < -0.39 is 148 Å². The van der Waals surface area contributed by atoms with Crippen LogP contribution in [0.2, 0.25) is 0 Å². The summed E-state index contributed by atoms with van der Waals surface area (Å²) < 4.78 is 84.3. The minimum Gasteiger partial charge on any atom is -0.464 e. The van der Waals surface area contributed by atoms with Crippen LogP contribution in [0, 0.1) is 130 Å². The molecule has 23 aliphatic heterocycles. The van der Waals surface area contributed by atoms with Crippen LogP contribution in [0.25, 0.3) is 0 Å². The van der Waals surface area contributed by atoms with Gasteiger partial charge in [0.05, 0.1) is 103 Å². The predicted molar refractivity (Wildman–Crippen MR) is 408 cm³/mol. The Morgan fingerprint density at radius 3 is 1.29 bits per heavy atom. The highest BCUT2D eigenvalue weighted by molar-refractivity contribution is 6.06. The van der Waals surface area contributed by atoms with Crippen LogP contribution in [-0.2, 0) is 176 Å². The molecule has 36 unspecified atom stereocenters. The molecule has 1 saturated carbocycles. The molecule has 1 N–H and O–H groups in total. The van der Waals surface area contributed by atoms with E-state index in [1.165, 1.54) is 29.7 Å². The zero-order valence-corrected chi connectivity index (χ0v) is 69.5. The molecule has 16 saturated heterocycles. The van der Waals surface area contributed by atoms with E-state index in [0.717, 1.165) is 23.1 Å². The summed E-state index contributed by atoms with van der Waals surface area (Å²) in [6.07, 6.45) is 28.3. The van der Waals surface area contributed by atoms with Gasteiger partial charge in [0.1, 0.15) is 83.2 Å². The molecule has 128 heavy (non-hydrogen) atoms. The lowest BCUT2D eigenvalue weighted by atomic mass is 9.63. The maximum Gasteiger partial charge on any atom is 0.343 e. The summed E-state index contributed by atoms with van der Waals surface area (Å²) in [5.41, 5.74) is 3.87. The Labute approximate surface area is 724 Å². The van der Waals surface area contributed by atoms with Gasteiger partial charge in [-0.1, -0.05) is 109 Å². The van der Waals surface area contributed by atoms with Crippen molar-refractivity contribution in [2.75, 3.05) is 13.2 Å². The van der Waals surface area contributed by atoms with Crippen molar-refractivity contribution in [3.05, 3.63) is 131 Å². The maximum absolute atomic E-state index is 11.9. The first-order chi connectivity index (χ1) is 60.9. The topological polar surface area (TPSA) is 510 Å². The summed E-state index contributed by atoms with van der Waals surface area (Å²) in [5.74, 6) is -16.1. The Balaban J connectivity index is 0.0000000939. The fourth-order valence-corrected chi connectivity index (χ4v) is 23.5. The van der Waals surface area contributed by atoms with Crippen molar-refractivity contribution in [2.24, 2.45) is 130 Å². The van der Waals surface area contributed by atoms with Gasteiger partial charge in [0.2, 0.25) is 0 Å². The van der Waals surface area contributed by atoms with Crippen molar-refractivity contribution in [3.8, 4) is 0 Å². The molecule has 0 aromatic heterocycles. The molecule has 17 fully saturated rings. The third kappa shape index (κ3) is 12.9. The molecule has 28 aliphatic rings. The summed E-state index contributed by atoms with van der Waals surface area (Å²) in [4.78, 5) is 227. The van der Waals surface area contributed by atoms with Crippen LogP contribution in [0.5, 0.6) is 0 Å². The lowest BCUT2D eigenvalue weighted by Crippen LogP contribution is -2.46. The lowest BCUT2D eigenvalue weighted by molar-refractivity contribution is -0.172. The molecule has 0 aromatic rings. The smallest absolute Gasteiger partial charge is 0.343 e. The molecule has 0 spiro atoms. The second kappa shape index (κ2) is 30.9. The first-order valence-electron chi connectivity index (χ1n) is 42.3. The molecular formula is C90H83NO37. The Kier molecular flexibility index (Phi) is 20.6. The molecule has 38 heteroatoms. The van der Waals surface area contributed by atoms with E-state index in [9.17, 15) is 95.9 Å². The minimum atomic E-state index is -1.46. The average Bonchev–Trinajstić information content (AvgIpc) is 1.54. The Bertz CT molecular complexity index is 5330. The maximum atomic E-state index is 11.9. The highest BCUT2D eigenvalue weighted by Gasteiger charge is 2.73. The summed E-state index contributed by atoms with van der Waals surface area (Å²) in [7, 11) is 0. The largest absolute Gasteiger partial charge is 0.464 e. The lowest BCUT2D eigenvalue weighted by Gasteiger charge is -2.36. The Hall–Kier alpha value is -11.9. The van der Waals surface area contributed by atoms with E-state index >= 15 is 0 Å². The van der Waals surface area contributed by atoms with Crippen molar-refractivity contribution < 1.29 is 176 Å². The van der Waals surface area contributed by atoms with Crippen LogP contribution < -0.4 is 5.32 Å². The van der Waals surface area contributed by atoms with Crippen LogP contribution in [0.1, 0.15) is 68.7 Å². The van der Waals surface area contributed by atoms with Gasteiger partial charge in [0.25, 0.3) is 0 Å². The molecule has 36 atom stereocenters. The van der Waals surface area contributed by atoms with Crippen molar-refractivity contribution >= 4 is 119 Å². The van der Waals surface area contributed by atoms with Gasteiger partial charge < -0.3 is 85.8 Å². The molecule has 0 radical (unpaired) electrons. The molecule has 670 valence electrons. The van der Waals surface area contributed by atoms with Crippen molar-refractivity contribution in [2.45, 2.75) is 153 Å². The zero-order valence-electron chi connectivity index (χ0n) is 69.5. The summed E-state index contributed by atoms with van der Waals surface area (Å²) in [6.45, 7) is 16.8. The van der Waals surface area contributed by atoms with Gasteiger partial charge in [-0.2, -0.15) is 0 Å².